The second-order valence-electron chi connectivity index (χ2n) is 3.87. The third-order valence-electron chi connectivity index (χ3n) is 2.24. The van der Waals surface area contributed by atoms with E-state index in [0.29, 0.717) is 4.47 Å². The van der Waals surface area contributed by atoms with Crippen LogP contribution < -0.4 is 15.6 Å². The van der Waals surface area contributed by atoms with Crippen molar-refractivity contribution < 1.29 is 17.9 Å². The zero-order chi connectivity index (χ0) is 14.8. The normalized spacial score (nSPS) is 13.1. The van der Waals surface area contributed by atoms with E-state index in [4.69, 9.17) is 27.2 Å². The highest BCUT2D eigenvalue weighted by Crippen LogP contribution is 2.35. The van der Waals surface area contributed by atoms with Gasteiger partial charge in [-0.3, -0.25) is 4.79 Å². The van der Waals surface area contributed by atoms with Crippen molar-refractivity contribution in [1.29, 1.82) is 0 Å². The predicted molar refractivity (Wildman–Crippen MR) is 74.4 cm³/mol. The van der Waals surface area contributed by atoms with Crippen LogP contribution in [0, 0.1) is 5.92 Å². The van der Waals surface area contributed by atoms with Gasteiger partial charge >= 0.3 is 0 Å². The maximum absolute atomic E-state index is 11.5. The number of primary sulfonamides is 1. The average molecular weight is 372 g/mol. The fourth-order valence-corrected chi connectivity index (χ4v) is 2.97. The molecule has 1 amide bonds. The summed E-state index contributed by atoms with van der Waals surface area (Å²) in [5.41, 5.74) is 5.08. The van der Waals surface area contributed by atoms with E-state index in [0.717, 1.165) is 0 Å². The van der Waals surface area contributed by atoms with Crippen molar-refractivity contribution in [3.05, 3.63) is 21.6 Å². The number of carbonyl (C=O) groups is 1. The molecule has 0 saturated carbocycles. The number of rotatable bonds is 5. The Hall–Kier alpha value is -0.830. The molecule has 0 aromatic heterocycles. The smallest absolute Gasteiger partial charge is 0.241 e. The lowest BCUT2D eigenvalue weighted by molar-refractivity contribution is -0.122. The van der Waals surface area contributed by atoms with Crippen molar-refractivity contribution in [3.8, 4) is 5.75 Å². The molecule has 0 spiro atoms. The molecule has 106 valence electrons. The summed E-state index contributed by atoms with van der Waals surface area (Å²) in [6.07, 6.45) is 0. The first kappa shape index (κ1) is 16.2. The fraction of sp³-hybridized carbons (Fsp3) is 0.300. The van der Waals surface area contributed by atoms with Crippen LogP contribution >= 0.6 is 27.5 Å². The molecule has 0 saturated heterocycles. The first-order valence-corrected chi connectivity index (χ1v) is 7.78. The standard InChI is InChI=1S/C10H12BrClN2O4S/c1-5(10(13)15)4-18-9-7(12)2-6(11)3-8(9)19(14,16)17/h2-3,5H,4H2,1H3,(H2,13,15)(H2,14,16,17). The number of hydrogen-bond donors (Lipinski definition) is 2. The lowest BCUT2D eigenvalue weighted by Crippen LogP contribution is -2.26. The van der Waals surface area contributed by atoms with Crippen LogP contribution in [0.2, 0.25) is 5.02 Å². The third-order valence-corrected chi connectivity index (χ3v) is 3.90. The SMILES string of the molecule is CC(COc1c(Cl)cc(Br)cc1S(N)(=O)=O)C(N)=O. The Balaban J connectivity index is 3.16. The molecule has 9 heteroatoms. The van der Waals surface area contributed by atoms with Crippen LogP contribution in [0.25, 0.3) is 0 Å². The van der Waals surface area contributed by atoms with E-state index < -0.39 is 21.8 Å². The molecule has 0 fully saturated rings. The molecule has 0 aliphatic carbocycles. The van der Waals surface area contributed by atoms with E-state index in [1.807, 2.05) is 0 Å². The molecule has 0 radical (unpaired) electrons. The number of ether oxygens (including phenoxy) is 1. The maximum Gasteiger partial charge on any atom is 0.241 e. The van der Waals surface area contributed by atoms with Gasteiger partial charge < -0.3 is 10.5 Å². The fourth-order valence-electron chi connectivity index (χ4n) is 1.18. The number of hydrogen-bond acceptors (Lipinski definition) is 4. The van der Waals surface area contributed by atoms with Crippen LogP contribution in [-0.4, -0.2) is 20.9 Å². The van der Waals surface area contributed by atoms with Crippen molar-refractivity contribution in [1.82, 2.24) is 0 Å². The zero-order valence-corrected chi connectivity index (χ0v) is 13.0. The predicted octanol–water partition coefficient (Wildman–Crippen LogP) is 1.25. The third kappa shape index (κ3) is 4.34. The molecule has 0 aliphatic heterocycles. The molecule has 1 atom stereocenters. The van der Waals surface area contributed by atoms with Gasteiger partial charge in [-0.05, 0) is 12.1 Å². The van der Waals surface area contributed by atoms with E-state index in [1.54, 1.807) is 6.92 Å². The molecule has 0 bridgehead atoms. The van der Waals surface area contributed by atoms with Crippen LogP contribution in [0.3, 0.4) is 0 Å². The minimum atomic E-state index is -4.00. The van der Waals surface area contributed by atoms with E-state index in [-0.39, 0.29) is 22.3 Å². The molecule has 4 N–H and O–H groups in total. The Bertz CT molecular complexity index is 606. The topological polar surface area (TPSA) is 112 Å². The summed E-state index contributed by atoms with van der Waals surface area (Å²) in [6, 6.07) is 2.73. The largest absolute Gasteiger partial charge is 0.490 e. The van der Waals surface area contributed by atoms with E-state index >= 15 is 0 Å². The van der Waals surface area contributed by atoms with Crippen molar-refractivity contribution >= 4 is 43.5 Å². The van der Waals surface area contributed by atoms with Gasteiger partial charge in [0.2, 0.25) is 15.9 Å². The molecule has 0 heterocycles. The van der Waals surface area contributed by atoms with E-state index in [1.165, 1.54) is 12.1 Å². The van der Waals surface area contributed by atoms with E-state index in [2.05, 4.69) is 15.9 Å². The van der Waals surface area contributed by atoms with Gasteiger partial charge in [0, 0.05) is 4.47 Å². The van der Waals surface area contributed by atoms with Crippen LogP contribution in [-0.2, 0) is 14.8 Å². The molecule has 0 aliphatic rings. The second-order valence-corrected chi connectivity index (χ2v) is 6.73. The Morgan fingerprint density at radius 3 is 2.58 bits per heavy atom. The van der Waals surface area contributed by atoms with Gasteiger partial charge in [0.15, 0.2) is 5.75 Å². The number of nitrogens with two attached hydrogens (primary N) is 2. The Morgan fingerprint density at radius 1 is 1.53 bits per heavy atom. The van der Waals surface area contributed by atoms with Crippen molar-refractivity contribution in [2.75, 3.05) is 6.61 Å². The van der Waals surface area contributed by atoms with Crippen LogP contribution in [0.5, 0.6) is 5.75 Å². The summed E-state index contributed by atoms with van der Waals surface area (Å²) in [6.45, 7) is 1.45. The molecule has 1 unspecified atom stereocenters. The number of carbonyl (C=O) groups excluding carboxylic acids is 1. The highest BCUT2D eigenvalue weighted by molar-refractivity contribution is 9.10. The van der Waals surface area contributed by atoms with Crippen molar-refractivity contribution in [2.24, 2.45) is 16.8 Å². The molecule has 1 rings (SSSR count). The summed E-state index contributed by atoms with van der Waals surface area (Å²) in [5, 5.41) is 5.15. The molecule has 1 aromatic rings. The van der Waals surface area contributed by atoms with Gasteiger partial charge in [-0.1, -0.05) is 34.5 Å². The first-order chi connectivity index (χ1) is 8.62. The highest BCUT2D eigenvalue weighted by Gasteiger charge is 2.21. The highest BCUT2D eigenvalue weighted by atomic mass is 79.9. The maximum atomic E-state index is 11.5. The van der Waals surface area contributed by atoms with Crippen LogP contribution in [0.15, 0.2) is 21.5 Å². The molecule has 6 nitrogen and oxygen atoms in total. The summed E-state index contributed by atoms with van der Waals surface area (Å²) in [7, 11) is -4.00. The molecular weight excluding hydrogens is 360 g/mol. The average Bonchev–Trinajstić information content (AvgIpc) is 2.25. The van der Waals surface area contributed by atoms with Gasteiger partial charge in [0.25, 0.3) is 0 Å². The van der Waals surface area contributed by atoms with Crippen molar-refractivity contribution in [2.45, 2.75) is 11.8 Å². The minimum Gasteiger partial charge on any atom is -0.490 e. The van der Waals surface area contributed by atoms with Gasteiger partial charge in [-0.25, -0.2) is 13.6 Å². The van der Waals surface area contributed by atoms with Crippen molar-refractivity contribution in [3.63, 3.8) is 0 Å². The molecule has 19 heavy (non-hydrogen) atoms. The number of primary amides is 1. The zero-order valence-electron chi connectivity index (χ0n) is 9.89. The summed E-state index contributed by atoms with van der Waals surface area (Å²) >= 11 is 9.02. The summed E-state index contributed by atoms with van der Waals surface area (Å²) in [5.74, 6) is -1.25. The Morgan fingerprint density at radius 2 is 2.11 bits per heavy atom. The Labute approximate surface area is 124 Å². The summed E-state index contributed by atoms with van der Waals surface area (Å²) in [4.78, 5) is 10.6. The molecular formula is C10H12BrClN2O4S. The van der Waals surface area contributed by atoms with Gasteiger partial charge in [-0.2, -0.15) is 0 Å². The van der Waals surface area contributed by atoms with Gasteiger partial charge in [0.05, 0.1) is 17.5 Å². The van der Waals surface area contributed by atoms with Gasteiger partial charge in [0.1, 0.15) is 4.90 Å². The number of sulfonamides is 1. The Kier molecular flexibility index (Phi) is 5.19. The van der Waals surface area contributed by atoms with Crippen LogP contribution in [0.4, 0.5) is 0 Å². The number of halogens is 2. The number of amides is 1. The number of benzene rings is 1. The first-order valence-electron chi connectivity index (χ1n) is 5.07. The second kappa shape index (κ2) is 6.08. The van der Waals surface area contributed by atoms with E-state index in [9.17, 15) is 13.2 Å². The monoisotopic (exact) mass is 370 g/mol. The quantitative estimate of drug-likeness (QED) is 0.811. The molecule has 1 aromatic carbocycles. The van der Waals surface area contributed by atoms with Crippen LogP contribution in [0.1, 0.15) is 6.92 Å². The van der Waals surface area contributed by atoms with Gasteiger partial charge in [-0.15, -0.1) is 0 Å². The summed E-state index contributed by atoms with van der Waals surface area (Å²) < 4.78 is 28.6. The minimum absolute atomic E-state index is 0.0649. The lowest BCUT2D eigenvalue weighted by Gasteiger charge is -2.14. The lowest BCUT2D eigenvalue weighted by atomic mass is 10.2.